The number of aromatic nitrogens is 3. The molecule has 1 aliphatic heterocycles. The second kappa shape index (κ2) is 10.0. The molecule has 1 saturated heterocycles. The van der Waals surface area contributed by atoms with Crippen molar-refractivity contribution in [1.82, 2.24) is 19.7 Å². The summed E-state index contributed by atoms with van der Waals surface area (Å²) < 4.78 is 29.1. The zero-order valence-electron chi connectivity index (χ0n) is 18.2. The van der Waals surface area contributed by atoms with Crippen molar-refractivity contribution in [2.75, 3.05) is 18.4 Å². The minimum Gasteiger partial charge on any atom is -0.343 e. The highest BCUT2D eigenvalue weighted by molar-refractivity contribution is 6.34. The van der Waals surface area contributed by atoms with E-state index in [1.54, 1.807) is 4.90 Å². The van der Waals surface area contributed by atoms with Gasteiger partial charge in [0.2, 0.25) is 5.91 Å². The molecule has 2 amide bonds. The lowest BCUT2D eigenvalue weighted by atomic mass is 10.0. The first-order valence-corrected chi connectivity index (χ1v) is 10.9. The summed E-state index contributed by atoms with van der Waals surface area (Å²) in [6, 6.07) is 6.62. The van der Waals surface area contributed by atoms with Crippen molar-refractivity contribution >= 4 is 29.2 Å². The lowest BCUT2D eigenvalue weighted by molar-refractivity contribution is -0.130. The predicted molar refractivity (Wildman–Crippen MR) is 122 cm³/mol. The van der Waals surface area contributed by atoms with Crippen molar-refractivity contribution in [1.29, 1.82) is 0 Å². The van der Waals surface area contributed by atoms with Crippen LogP contribution in [0.1, 0.15) is 47.4 Å². The number of hydrogen-bond acceptors (Lipinski definition) is 4. The van der Waals surface area contributed by atoms with Crippen molar-refractivity contribution in [2.24, 2.45) is 0 Å². The molecule has 34 heavy (non-hydrogen) atoms. The molecule has 3 aromatic rings. The van der Waals surface area contributed by atoms with Gasteiger partial charge in [-0.2, -0.15) is 5.10 Å². The summed E-state index contributed by atoms with van der Waals surface area (Å²) in [6.07, 6.45) is 3.93. The van der Waals surface area contributed by atoms with Crippen molar-refractivity contribution in [3.63, 3.8) is 0 Å². The molecule has 0 aliphatic carbocycles. The Kier molecular flexibility index (Phi) is 6.89. The number of nitrogens with zero attached hydrogens (tertiary/aromatic N) is 4. The zero-order chi connectivity index (χ0) is 24.2. The Hall–Kier alpha value is -3.77. The normalized spacial score (nSPS) is 13.8. The van der Waals surface area contributed by atoms with E-state index in [0.29, 0.717) is 37.1 Å². The zero-order valence-corrected chi connectivity index (χ0v) is 18.9. The Labute approximate surface area is 199 Å². The summed E-state index contributed by atoms with van der Waals surface area (Å²) in [5, 5.41) is 6.81. The van der Waals surface area contributed by atoms with E-state index in [4.69, 9.17) is 11.6 Å². The number of carbonyl (C=O) groups excluding carboxylic acids is 2. The van der Waals surface area contributed by atoms with Crippen molar-refractivity contribution in [3.05, 3.63) is 76.2 Å². The summed E-state index contributed by atoms with van der Waals surface area (Å²) in [7, 11) is 0. The number of carbonyl (C=O) groups is 2. The molecule has 10 heteroatoms. The van der Waals surface area contributed by atoms with E-state index in [0.717, 1.165) is 6.07 Å². The lowest BCUT2D eigenvalue weighted by Crippen LogP contribution is -2.38. The second-order valence-corrected chi connectivity index (χ2v) is 8.20. The van der Waals surface area contributed by atoms with Crippen LogP contribution in [-0.4, -0.2) is 44.6 Å². The standard InChI is InChI=1S/C24H20ClF2N5O2/c1-15(33)31-10-8-19(9-11-31)32-22(20(25)14-29-32)24(34)30-23-21(27)12-17(13-28-23)3-2-16-4-6-18(26)7-5-16/h4-7,12-14,19H,8-11H2,1H3,(H,28,30,34). The van der Waals surface area contributed by atoms with Gasteiger partial charge in [-0.15, -0.1) is 0 Å². The quantitative estimate of drug-likeness (QED) is 0.570. The van der Waals surface area contributed by atoms with Gasteiger partial charge >= 0.3 is 0 Å². The molecule has 0 unspecified atom stereocenters. The molecule has 7 nitrogen and oxygen atoms in total. The van der Waals surface area contributed by atoms with E-state index in [1.165, 1.54) is 48.3 Å². The number of amides is 2. The van der Waals surface area contributed by atoms with E-state index in [9.17, 15) is 18.4 Å². The van der Waals surface area contributed by atoms with Crippen LogP contribution in [0.2, 0.25) is 5.02 Å². The maximum atomic E-state index is 14.6. The molecule has 1 aromatic carbocycles. The molecule has 1 N–H and O–H groups in total. The molecule has 1 fully saturated rings. The Morgan fingerprint density at radius 2 is 1.76 bits per heavy atom. The first-order chi connectivity index (χ1) is 16.3. The van der Waals surface area contributed by atoms with Crippen LogP contribution in [-0.2, 0) is 4.79 Å². The van der Waals surface area contributed by atoms with Crippen LogP contribution in [0.3, 0.4) is 0 Å². The molecular weight excluding hydrogens is 464 g/mol. The van der Waals surface area contributed by atoms with E-state index < -0.39 is 11.7 Å². The average molecular weight is 484 g/mol. The number of halogens is 3. The number of anilines is 1. The minimum absolute atomic E-state index is 0.00210. The van der Waals surface area contributed by atoms with Gasteiger partial charge in [0.15, 0.2) is 11.6 Å². The second-order valence-electron chi connectivity index (χ2n) is 7.79. The van der Waals surface area contributed by atoms with E-state index in [-0.39, 0.29) is 34.3 Å². The highest BCUT2D eigenvalue weighted by atomic mass is 35.5. The molecule has 3 heterocycles. The molecule has 0 bridgehead atoms. The molecule has 4 rings (SSSR count). The smallest absolute Gasteiger partial charge is 0.276 e. The SMILES string of the molecule is CC(=O)N1CCC(n2ncc(Cl)c2C(=O)Nc2ncc(C#Cc3ccc(F)cc3)cc2F)CC1. The number of piperidine rings is 1. The third kappa shape index (κ3) is 5.24. The summed E-state index contributed by atoms with van der Waals surface area (Å²) in [5.41, 5.74) is 0.959. The number of likely N-dealkylation sites (tertiary alicyclic amines) is 1. The Morgan fingerprint density at radius 1 is 1.09 bits per heavy atom. The summed E-state index contributed by atoms with van der Waals surface area (Å²) in [5.74, 6) is 3.49. The third-order valence-electron chi connectivity index (χ3n) is 5.49. The highest BCUT2D eigenvalue weighted by Gasteiger charge is 2.28. The van der Waals surface area contributed by atoms with Gasteiger partial charge < -0.3 is 10.2 Å². The largest absolute Gasteiger partial charge is 0.343 e. The van der Waals surface area contributed by atoms with Crippen LogP contribution in [0.15, 0.2) is 42.7 Å². The Bertz CT molecular complexity index is 1290. The van der Waals surface area contributed by atoms with Gasteiger partial charge in [0, 0.05) is 37.3 Å². The van der Waals surface area contributed by atoms with Gasteiger partial charge in [-0.25, -0.2) is 13.8 Å². The summed E-state index contributed by atoms with van der Waals surface area (Å²) in [6.45, 7) is 2.62. The number of benzene rings is 1. The van der Waals surface area contributed by atoms with Gasteiger partial charge in [-0.05, 0) is 43.2 Å². The van der Waals surface area contributed by atoms with Gasteiger partial charge in [-0.1, -0.05) is 23.4 Å². The Morgan fingerprint density at radius 3 is 2.41 bits per heavy atom. The maximum absolute atomic E-state index is 14.6. The number of hydrogen-bond donors (Lipinski definition) is 1. The molecular formula is C24H20ClF2N5O2. The summed E-state index contributed by atoms with van der Waals surface area (Å²) in [4.78, 5) is 30.2. The maximum Gasteiger partial charge on any atom is 0.276 e. The molecule has 0 saturated carbocycles. The van der Waals surface area contributed by atoms with Gasteiger partial charge in [0.1, 0.15) is 11.5 Å². The Balaban J connectivity index is 1.48. The van der Waals surface area contributed by atoms with Crippen molar-refractivity contribution in [2.45, 2.75) is 25.8 Å². The minimum atomic E-state index is -0.767. The fourth-order valence-corrected chi connectivity index (χ4v) is 3.91. The molecule has 174 valence electrons. The number of nitrogens with one attached hydrogen (secondary N) is 1. The third-order valence-corrected chi connectivity index (χ3v) is 5.77. The van der Waals surface area contributed by atoms with Gasteiger partial charge in [0.05, 0.1) is 17.3 Å². The topological polar surface area (TPSA) is 80.1 Å². The fraction of sp³-hybridized carbons (Fsp3) is 0.250. The van der Waals surface area contributed by atoms with Crippen LogP contribution < -0.4 is 5.32 Å². The van der Waals surface area contributed by atoms with Crippen LogP contribution in [0.25, 0.3) is 0 Å². The lowest BCUT2D eigenvalue weighted by Gasteiger charge is -2.32. The molecule has 1 aliphatic rings. The van der Waals surface area contributed by atoms with Crippen LogP contribution in [0.5, 0.6) is 0 Å². The first-order valence-electron chi connectivity index (χ1n) is 10.5. The monoisotopic (exact) mass is 483 g/mol. The van der Waals surface area contributed by atoms with Crippen LogP contribution >= 0.6 is 11.6 Å². The molecule has 0 radical (unpaired) electrons. The highest BCUT2D eigenvalue weighted by Crippen LogP contribution is 2.27. The average Bonchev–Trinajstić information content (AvgIpc) is 3.21. The van der Waals surface area contributed by atoms with Gasteiger partial charge in [0.25, 0.3) is 5.91 Å². The van der Waals surface area contributed by atoms with Crippen molar-refractivity contribution < 1.29 is 18.4 Å². The molecule has 0 atom stereocenters. The number of pyridine rings is 1. The van der Waals surface area contributed by atoms with E-state index in [2.05, 4.69) is 27.2 Å². The van der Waals surface area contributed by atoms with Crippen molar-refractivity contribution in [3.8, 4) is 11.8 Å². The van der Waals surface area contributed by atoms with Gasteiger partial charge in [-0.3, -0.25) is 14.3 Å². The van der Waals surface area contributed by atoms with E-state index in [1.807, 2.05) is 0 Å². The van der Waals surface area contributed by atoms with Crippen LogP contribution in [0, 0.1) is 23.5 Å². The fourth-order valence-electron chi connectivity index (χ4n) is 3.70. The van der Waals surface area contributed by atoms with E-state index >= 15 is 0 Å². The molecule has 2 aromatic heterocycles. The first kappa shape index (κ1) is 23.4. The predicted octanol–water partition coefficient (Wildman–Crippen LogP) is 4.05. The molecule has 0 spiro atoms. The number of rotatable bonds is 3. The van der Waals surface area contributed by atoms with Crippen LogP contribution in [0.4, 0.5) is 14.6 Å². The summed E-state index contributed by atoms with van der Waals surface area (Å²) >= 11 is 6.21.